The van der Waals surface area contributed by atoms with E-state index >= 15 is 0 Å². The van der Waals surface area contributed by atoms with E-state index in [2.05, 4.69) is 104 Å². The smallest absolute Gasteiger partial charge is 0.300 e. The number of aromatic hydroxyl groups is 4. The Morgan fingerprint density at radius 1 is 0.270 bits per heavy atom. The first-order chi connectivity index (χ1) is 34.8. The van der Waals surface area contributed by atoms with Gasteiger partial charge in [-0.05, 0) is 142 Å². The molecule has 0 saturated carbocycles. The van der Waals surface area contributed by atoms with Crippen LogP contribution in [0.2, 0.25) is 0 Å². The summed E-state index contributed by atoms with van der Waals surface area (Å²) >= 11 is 0. The van der Waals surface area contributed by atoms with E-state index in [0.29, 0.717) is 0 Å². The van der Waals surface area contributed by atoms with E-state index in [0.717, 1.165) is 59.1 Å². The van der Waals surface area contributed by atoms with Crippen LogP contribution in [0.3, 0.4) is 0 Å². The molecule has 384 valence electrons. The standard InChI is InChI=1S/2C30H30O3.2C2H4O2/c2*1-29(2,21-5-13-25(31)14-6-21)23-9-17-27(18-10-23)33-28-19-11-24(12-20-28)30(3,4)22-7-15-26(32)16-8-22;2*1-2(3)4/h2*5-20,31-32H,1-4H3;2*1H3,(H,3,4). The molecule has 0 aromatic heterocycles. The van der Waals surface area contributed by atoms with Gasteiger partial charge in [-0.2, -0.15) is 0 Å². The summed E-state index contributed by atoms with van der Waals surface area (Å²) in [5.74, 6) is 2.56. The fraction of sp³-hybridized carbons (Fsp3) is 0.219. The average molecular weight is 997 g/mol. The van der Waals surface area contributed by atoms with E-state index in [4.69, 9.17) is 29.3 Å². The number of carboxylic acid groups (broad SMARTS) is 2. The second-order valence-corrected chi connectivity index (χ2v) is 20.0. The summed E-state index contributed by atoms with van der Waals surface area (Å²) in [7, 11) is 0. The maximum atomic E-state index is 9.57. The zero-order valence-electron chi connectivity index (χ0n) is 43.8. The first kappa shape index (κ1) is 56.4. The Morgan fingerprint density at radius 2 is 0.378 bits per heavy atom. The fourth-order valence-electron chi connectivity index (χ4n) is 8.21. The molecule has 0 aliphatic rings. The summed E-state index contributed by atoms with van der Waals surface area (Å²) in [4.78, 5) is 18.0. The second kappa shape index (κ2) is 24.3. The van der Waals surface area contributed by atoms with Crippen molar-refractivity contribution in [3.63, 3.8) is 0 Å². The van der Waals surface area contributed by atoms with E-state index in [-0.39, 0.29) is 44.7 Å². The monoisotopic (exact) mass is 996 g/mol. The first-order valence-corrected chi connectivity index (χ1v) is 24.1. The molecule has 0 atom stereocenters. The lowest BCUT2D eigenvalue weighted by Gasteiger charge is -2.27. The maximum Gasteiger partial charge on any atom is 0.300 e. The van der Waals surface area contributed by atoms with Gasteiger partial charge in [0.1, 0.15) is 46.0 Å². The highest BCUT2D eigenvalue weighted by atomic mass is 16.5. The molecule has 74 heavy (non-hydrogen) atoms. The van der Waals surface area contributed by atoms with Crippen LogP contribution < -0.4 is 9.47 Å². The number of aliphatic carboxylic acids is 2. The van der Waals surface area contributed by atoms with Crippen molar-refractivity contribution in [3.8, 4) is 46.0 Å². The van der Waals surface area contributed by atoms with Crippen molar-refractivity contribution in [2.45, 2.75) is 90.9 Å². The number of carboxylic acids is 2. The highest BCUT2D eigenvalue weighted by Gasteiger charge is 2.26. The van der Waals surface area contributed by atoms with Crippen LogP contribution in [-0.2, 0) is 31.2 Å². The number of benzene rings is 8. The Hall–Kier alpha value is -8.50. The average Bonchev–Trinajstić information content (AvgIpc) is 3.35. The SMILES string of the molecule is CC(=O)O.CC(=O)O.CC(C)(c1ccc(O)cc1)c1ccc(Oc2ccc(C(C)(C)c3ccc(O)cc3)cc2)cc1.CC(C)(c1ccc(O)cc1)c1ccc(Oc2ccc(C(C)(C)c3ccc(O)cc3)cc2)cc1. The van der Waals surface area contributed by atoms with E-state index in [1.807, 2.05) is 97.1 Å². The van der Waals surface area contributed by atoms with Gasteiger partial charge in [-0.3, -0.25) is 9.59 Å². The lowest BCUT2D eigenvalue weighted by molar-refractivity contribution is -0.135. The normalized spacial score (nSPS) is 11.3. The number of phenols is 4. The van der Waals surface area contributed by atoms with Gasteiger partial charge < -0.3 is 40.1 Å². The molecule has 8 aromatic carbocycles. The number of rotatable bonds is 12. The van der Waals surface area contributed by atoms with Gasteiger partial charge in [-0.15, -0.1) is 0 Å². The third-order valence-electron chi connectivity index (χ3n) is 13.1. The van der Waals surface area contributed by atoms with Gasteiger partial charge in [0.15, 0.2) is 0 Å². The van der Waals surface area contributed by atoms with Gasteiger partial charge in [-0.1, -0.05) is 152 Å². The second-order valence-electron chi connectivity index (χ2n) is 20.0. The van der Waals surface area contributed by atoms with E-state index in [1.165, 1.54) is 22.3 Å². The molecule has 0 aliphatic carbocycles. The van der Waals surface area contributed by atoms with Crippen LogP contribution in [0.15, 0.2) is 194 Å². The van der Waals surface area contributed by atoms with Crippen LogP contribution in [0.4, 0.5) is 0 Å². The van der Waals surface area contributed by atoms with Gasteiger partial charge in [0.05, 0.1) is 0 Å². The minimum absolute atomic E-state index is 0.187. The van der Waals surface area contributed by atoms with Crippen LogP contribution >= 0.6 is 0 Å². The lowest BCUT2D eigenvalue weighted by atomic mass is 9.78. The maximum absolute atomic E-state index is 9.57. The summed E-state index contributed by atoms with van der Waals surface area (Å²) in [6.45, 7) is 19.5. The number of carbonyl (C=O) groups is 2. The Balaban J connectivity index is 0.000000239. The van der Waals surface area contributed by atoms with Gasteiger partial charge in [0, 0.05) is 35.5 Å². The van der Waals surface area contributed by atoms with Crippen molar-refractivity contribution >= 4 is 11.9 Å². The molecule has 0 radical (unpaired) electrons. The fourth-order valence-corrected chi connectivity index (χ4v) is 8.21. The van der Waals surface area contributed by atoms with Crippen molar-refractivity contribution in [1.29, 1.82) is 0 Å². The molecule has 0 spiro atoms. The van der Waals surface area contributed by atoms with Crippen molar-refractivity contribution in [3.05, 3.63) is 239 Å². The van der Waals surface area contributed by atoms with E-state index in [9.17, 15) is 20.4 Å². The molecule has 8 rings (SSSR count). The lowest BCUT2D eigenvalue weighted by Crippen LogP contribution is -2.18. The zero-order chi connectivity index (χ0) is 54.4. The van der Waals surface area contributed by atoms with Crippen LogP contribution in [0.25, 0.3) is 0 Å². The van der Waals surface area contributed by atoms with Gasteiger partial charge in [-0.25, -0.2) is 0 Å². The molecule has 0 heterocycles. The van der Waals surface area contributed by atoms with Crippen molar-refractivity contribution in [2.24, 2.45) is 0 Å². The summed E-state index contributed by atoms with van der Waals surface area (Å²) in [6, 6.07) is 62.1. The summed E-state index contributed by atoms with van der Waals surface area (Å²) in [6.07, 6.45) is 0. The minimum atomic E-state index is -0.833. The molecule has 10 nitrogen and oxygen atoms in total. The number of hydrogen-bond donors (Lipinski definition) is 6. The van der Waals surface area contributed by atoms with Crippen molar-refractivity contribution in [1.82, 2.24) is 0 Å². The van der Waals surface area contributed by atoms with Crippen LogP contribution in [0.1, 0.15) is 114 Å². The molecule has 0 aliphatic heterocycles. The third kappa shape index (κ3) is 15.3. The molecule has 0 unspecified atom stereocenters. The number of hydrogen-bond acceptors (Lipinski definition) is 8. The van der Waals surface area contributed by atoms with Crippen molar-refractivity contribution < 1.29 is 49.7 Å². The number of ether oxygens (including phenoxy) is 2. The molecule has 6 N–H and O–H groups in total. The first-order valence-electron chi connectivity index (χ1n) is 24.1. The Labute approximate surface area is 435 Å². The highest BCUT2D eigenvalue weighted by molar-refractivity contribution is 5.63. The molecule has 0 amide bonds. The minimum Gasteiger partial charge on any atom is -0.508 e. The summed E-state index contributed by atoms with van der Waals surface area (Å²) in [5, 5.41) is 53.1. The molecular formula is C64H68O10. The quantitative estimate of drug-likeness (QED) is 0.0691. The van der Waals surface area contributed by atoms with E-state index < -0.39 is 11.9 Å². The van der Waals surface area contributed by atoms with Crippen LogP contribution in [0.5, 0.6) is 46.0 Å². The van der Waals surface area contributed by atoms with Crippen LogP contribution in [0, 0.1) is 0 Å². The molecular weight excluding hydrogens is 929 g/mol. The van der Waals surface area contributed by atoms with Gasteiger partial charge in [0.25, 0.3) is 11.9 Å². The Morgan fingerprint density at radius 3 is 0.500 bits per heavy atom. The molecule has 8 aromatic rings. The van der Waals surface area contributed by atoms with Gasteiger partial charge >= 0.3 is 0 Å². The van der Waals surface area contributed by atoms with E-state index in [1.54, 1.807) is 48.5 Å². The number of phenolic OH excluding ortho intramolecular Hbond substituents is 4. The molecule has 0 saturated heterocycles. The Kier molecular flexibility index (Phi) is 18.5. The van der Waals surface area contributed by atoms with Crippen LogP contribution in [-0.4, -0.2) is 42.6 Å². The predicted octanol–water partition coefficient (Wildman–Crippen LogP) is 15.3. The topological polar surface area (TPSA) is 174 Å². The molecule has 10 heteroatoms. The summed E-state index contributed by atoms with van der Waals surface area (Å²) < 4.78 is 12.2. The zero-order valence-corrected chi connectivity index (χ0v) is 43.8. The summed E-state index contributed by atoms with van der Waals surface area (Å²) in [5.41, 5.74) is 8.50. The third-order valence-corrected chi connectivity index (χ3v) is 13.1. The highest BCUT2D eigenvalue weighted by Crippen LogP contribution is 2.38. The Bertz CT molecular complexity index is 2610. The molecule has 0 bridgehead atoms. The largest absolute Gasteiger partial charge is 0.508 e. The van der Waals surface area contributed by atoms with Crippen molar-refractivity contribution in [2.75, 3.05) is 0 Å². The van der Waals surface area contributed by atoms with Gasteiger partial charge in [0.2, 0.25) is 0 Å². The predicted molar refractivity (Wildman–Crippen MR) is 293 cm³/mol. The molecule has 0 fully saturated rings.